The van der Waals surface area contributed by atoms with E-state index in [0.717, 1.165) is 47.0 Å². The maximum absolute atomic E-state index is 11.6. The third-order valence-electron chi connectivity index (χ3n) is 7.22. The average Bonchev–Trinajstić information content (AvgIpc) is 2.86. The first-order chi connectivity index (χ1) is 17.6. The Hall–Kier alpha value is -3.45. The number of aryl methyl sites for hydroxylation is 2. The Morgan fingerprint density at radius 1 is 1.05 bits per heavy atom. The minimum atomic E-state index is -0.301. The standard InChI is InChI=1S/C30H39N5O2/c1-19(2)25-13-12-20(3)27(14-25)37-18-26-23(6)32-29(24-10-8-7-9-11-24)33-30(26)35-16-21(4)34(15-22(35)5)17-28(31)36/h7-14,19,21-22H,15-18H2,1-6H3,(H2,31,36)/t21-,22+/m1/s1. The molecule has 1 aliphatic heterocycles. The SMILES string of the molecule is Cc1ccc(C(C)C)cc1OCc1c(C)nc(-c2ccccc2)nc1N1C[C@@H](C)N(CC(N)=O)C[C@@H]1C. The van der Waals surface area contributed by atoms with Gasteiger partial charge < -0.3 is 15.4 Å². The molecule has 0 radical (unpaired) electrons. The van der Waals surface area contributed by atoms with Crippen molar-refractivity contribution in [3.05, 3.63) is 70.9 Å². The number of ether oxygens (including phenoxy) is 1. The van der Waals surface area contributed by atoms with E-state index in [1.165, 1.54) is 5.56 Å². The molecule has 0 bridgehead atoms. The van der Waals surface area contributed by atoms with Crippen LogP contribution in [0.15, 0.2) is 48.5 Å². The number of anilines is 1. The number of nitrogens with zero attached hydrogens (tertiary/aromatic N) is 4. The fourth-order valence-electron chi connectivity index (χ4n) is 4.90. The molecule has 2 heterocycles. The van der Waals surface area contributed by atoms with E-state index in [4.69, 9.17) is 20.4 Å². The van der Waals surface area contributed by atoms with E-state index < -0.39 is 0 Å². The second-order valence-electron chi connectivity index (χ2n) is 10.5. The van der Waals surface area contributed by atoms with Crippen LogP contribution in [0, 0.1) is 13.8 Å². The minimum Gasteiger partial charge on any atom is -0.488 e. The van der Waals surface area contributed by atoms with Crippen LogP contribution in [-0.4, -0.2) is 52.5 Å². The van der Waals surface area contributed by atoms with Crippen LogP contribution in [-0.2, 0) is 11.4 Å². The molecular weight excluding hydrogens is 462 g/mol. The van der Waals surface area contributed by atoms with E-state index in [1.807, 2.05) is 37.3 Å². The number of carbonyl (C=O) groups excluding carboxylic acids is 1. The van der Waals surface area contributed by atoms with Crippen LogP contribution >= 0.6 is 0 Å². The molecule has 0 spiro atoms. The lowest BCUT2D eigenvalue weighted by Crippen LogP contribution is -2.58. The van der Waals surface area contributed by atoms with Gasteiger partial charge in [-0.1, -0.05) is 56.3 Å². The van der Waals surface area contributed by atoms with Crippen molar-refractivity contribution >= 4 is 11.7 Å². The van der Waals surface area contributed by atoms with Gasteiger partial charge in [-0.15, -0.1) is 0 Å². The number of primary amides is 1. The van der Waals surface area contributed by atoms with Crippen LogP contribution in [0.5, 0.6) is 5.75 Å². The van der Waals surface area contributed by atoms with E-state index in [2.05, 4.69) is 62.6 Å². The summed E-state index contributed by atoms with van der Waals surface area (Å²) in [5.41, 5.74) is 10.7. The van der Waals surface area contributed by atoms with Gasteiger partial charge >= 0.3 is 0 Å². The Labute approximate surface area is 220 Å². The van der Waals surface area contributed by atoms with Gasteiger partial charge in [0.1, 0.15) is 18.2 Å². The van der Waals surface area contributed by atoms with Gasteiger partial charge in [-0.2, -0.15) is 0 Å². The first kappa shape index (κ1) is 26.6. The van der Waals surface area contributed by atoms with Gasteiger partial charge in [0.05, 0.1) is 17.8 Å². The minimum absolute atomic E-state index is 0.137. The number of carbonyl (C=O) groups is 1. The molecule has 4 rings (SSSR count). The summed E-state index contributed by atoms with van der Waals surface area (Å²) in [6.07, 6.45) is 0. The van der Waals surface area contributed by atoms with Crippen LogP contribution in [0.2, 0.25) is 0 Å². The molecule has 3 aromatic rings. The molecule has 0 unspecified atom stereocenters. The summed E-state index contributed by atoms with van der Waals surface area (Å²) in [5, 5.41) is 0. The van der Waals surface area contributed by atoms with Crippen LogP contribution in [0.25, 0.3) is 11.4 Å². The number of nitrogens with two attached hydrogens (primary N) is 1. The zero-order valence-corrected chi connectivity index (χ0v) is 22.9. The summed E-state index contributed by atoms with van der Waals surface area (Å²) in [4.78, 5) is 26.1. The number of aromatic nitrogens is 2. The van der Waals surface area contributed by atoms with Crippen molar-refractivity contribution in [1.82, 2.24) is 14.9 Å². The molecule has 1 aromatic heterocycles. The largest absolute Gasteiger partial charge is 0.488 e. The molecule has 37 heavy (non-hydrogen) atoms. The monoisotopic (exact) mass is 501 g/mol. The Morgan fingerprint density at radius 2 is 1.78 bits per heavy atom. The fourth-order valence-corrected chi connectivity index (χ4v) is 4.90. The summed E-state index contributed by atoms with van der Waals surface area (Å²) < 4.78 is 6.43. The molecule has 0 aliphatic carbocycles. The number of hydrogen-bond acceptors (Lipinski definition) is 6. The van der Waals surface area contributed by atoms with Crippen molar-refractivity contribution in [2.75, 3.05) is 24.5 Å². The van der Waals surface area contributed by atoms with Crippen LogP contribution in [0.1, 0.15) is 56.0 Å². The van der Waals surface area contributed by atoms with Gasteiger partial charge in [0, 0.05) is 30.7 Å². The Balaban J connectivity index is 1.71. The lowest BCUT2D eigenvalue weighted by atomic mass is 10.0. The van der Waals surface area contributed by atoms with Crippen LogP contribution < -0.4 is 15.4 Å². The smallest absolute Gasteiger partial charge is 0.231 e. The summed E-state index contributed by atoms with van der Waals surface area (Å²) in [7, 11) is 0. The molecule has 7 heteroatoms. The molecule has 2 aromatic carbocycles. The third kappa shape index (κ3) is 6.10. The van der Waals surface area contributed by atoms with Gasteiger partial charge in [-0.3, -0.25) is 9.69 Å². The van der Waals surface area contributed by atoms with E-state index in [0.29, 0.717) is 18.3 Å². The van der Waals surface area contributed by atoms with Gasteiger partial charge in [0.15, 0.2) is 5.82 Å². The van der Waals surface area contributed by atoms with Crippen molar-refractivity contribution < 1.29 is 9.53 Å². The summed E-state index contributed by atoms with van der Waals surface area (Å²) in [6, 6.07) is 16.8. The molecule has 1 fully saturated rings. The van der Waals surface area contributed by atoms with Gasteiger partial charge in [-0.05, 0) is 50.8 Å². The normalized spacial score (nSPS) is 18.3. The van der Waals surface area contributed by atoms with Crippen molar-refractivity contribution in [1.29, 1.82) is 0 Å². The molecule has 196 valence electrons. The lowest BCUT2D eigenvalue weighted by molar-refractivity contribution is -0.119. The zero-order chi connectivity index (χ0) is 26.7. The molecule has 1 amide bonds. The molecule has 1 saturated heterocycles. The highest BCUT2D eigenvalue weighted by molar-refractivity contribution is 5.76. The first-order valence-electron chi connectivity index (χ1n) is 13.1. The molecule has 7 nitrogen and oxygen atoms in total. The van der Waals surface area contributed by atoms with Gasteiger partial charge in [0.2, 0.25) is 5.91 Å². The van der Waals surface area contributed by atoms with E-state index >= 15 is 0 Å². The average molecular weight is 502 g/mol. The first-order valence-corrected chi connectivity index (χ1v) is 13.1. The highest BCUT2D eigenvalue weighted by atomic mass is 16.5. The highest BCUT2D eigenvalue weighted by Gasteiger charge is 2.32. The van der Waals surface area contributed by atoms with E-state index in [1.54, 1.807) is 0 Å². The number of rotatable bonds is 8. The number of piperazine rings is 1. The van der Waals surface area contributed by atoms with Crippen molar-refractivity contribution in [3.8, 4) is 17.1 Å². The molecule has 1 aliphatic rings. The third-order valence-corrected chi connectivity index (χ3v) is 7.22. The molecule has 2 N–H and O–H groups in total. The lowest BCUT2D eigenvalue weighted by Gasteiger charge is -2.45. The van der Waals surface area contributed by atoms with E-state index in [9.17, 15) is 4.79 Å². The second kappa shape index (κ2) is 11.3. The van der Waals surface area contributed by atoms with Gasteiger partial charge in [-0.25, -0.2) is 9.97 Å². The maximum Gasteiger partial charge on any atom is 0.231 e. The number of benzene rings is 2. The predicted octanol–water partition coefficient (Wildman–Crippen LogP) is 4.85. The summed E-state index contributed by atoms with van der Waals surface area (Å²) in [6.45, 7) is 14.9. The molecule has 2 atom stereocenters. The Morgan fingerprint density at radius 3 is 2.46 bits per heavy atom. The second-order valence-corrected chi connectivity index (χ2v) is 10.5. The van der Waals surface area contributed by atoms with Gasteiger partial charge in [0.25, 0.3) is 0 Å². The van der Waals surface area contributed by atoms with E-state index in [-0.39, 0.29) is 24.5 Å². The topological polar surface area (TPSA) is 84.6 Å². The highest BCUT2D eigenvalue weighted by Crippen LogP contribution is 2.31. The fraction of sp³-hybridized carbons (Fsp3) is 0.433. The molecular formula is C30H39N5O2. The number of amides is 1. The predicted molar refractivity (Wildman–Crippen MR) is 149 cm³/mol. The van der Waals surface area contributed by atoms with Crippen LogP contribution in [0.3, 0.4) is 0 Å². The van der Waals surface area contributed by atoms with Crippen molar-refractivity contribution in [3.63, 3.8) is 0 Å². The van der Waals surface area contributed by atoms with Crippen molar-refractivity contribution in [2.45, 2.75) is 66.2 Å². The Kier molecular flexibility index (Phi) is 8.13. The summed E-state index contributed by atoms with van der Waals surface area (Å²) >= 11 is 0. The maximum atomic E-state index is 11.6. The van der Waals surface area contributed by atoms with Crippen LogP contribution in [0.4, 0.5) is 5.82 Å². The van der Waals surface area contributed by atoms with Crippen molar-refractivity contribution in [2.24, 2.45) is 5.73 Å². The Bertz CT molecular complexity index is 1240. The zero-order valence-electron chi connectivity index (χ0n) is 22.9. The number of hydrogen-bond donors (Lipinski definition) is 1. The molecule has 0 saturated carbocycles. The quantitative estimate of drug-likeness (QED) is 0.475. The summed E-state index contributed by atoms with van der Waals surface area (Å²) in [5.74, 6) is 2.60.